The first kappa shape index (κ1) is 19.9. The molecule has 0 saturated heterocycles. The maximum absolute atomic E-state index is 9.58. The molecule has 6 heteroatoms. The molecule has 0 amide bonds. The van der Waals surface area contributed by atoms with Crippen molar-refractivity contribution in [3.63, 3.8) is 0 Å². The van der Waals surface area contributed by atoms with Crippen molar-refractivity contribution in [1.29, 1.82) is 0 Å². The van der Waals surface area contributed by atoms with Crippen molar-refractivity contribution in [3.8, 4) is 5.75 Å². The molecule has 21 heavy (non-hydrogen) atoms. The Hall–Kier alpha value is -1.11. The van der Waals surface area contributed by atoms with Crippen LogP contribution < -0.4 is 0 Å². The highest BCUT2D eigenvalue weighted by Gasteiger charge is 1.98. The second kappa shape index (κ2) is 11.5. The number of phenolic OH excluding ortho intramolecular Hbond substituents is 1. The lowest BCUT2D eigenvalue weighted by atomic mass is 10.0. The van der Waals surface area contributed by atoms with E-state index >= 15 is 0 Å². The first-order chi connectivity index (χ1) is 9.84. The average molecular weight is 318 g/mol. The minimum atomic E-state index is -4.67. The SMILES string of the molecule is CCCCCCCCCc1ccccc1O.O=S(=O)(O)O. The van der Waals surface area contributed by atoms with Gasteiger partial charge in [0.05, 0.1) is 0 Å². The number of hydrogen-bond acceptors (Lipinski definition) is 3. The van der Waals surface area contributed by atoms with Crippen molar-refractivity contribution in [2.75, 3.05) is 0 Å². The molecule has 0 aliphatic rings. The molecule has 0 radical (unpaired) electrons. The molecule has 0 aromatic heterocycles. The molecule has 1 aromatic rings. The minimum Gasteiger partial charge on any atom is -0.508 e. The van der Waals surface area contributed by atoms with E-state index in [9.17, 15) is 5.11 Å². The van der Waals surface area contributed by atoms with Crippen molar-refractivity contribution >= 4 is 10.4 Å². The van der Waals surface area contributed by atoms with Gasteiger partial charge in [0.1, 0.15) is 5.75 Å². The number of phenols is 1. The monoisotopic (exact) mass is 318 g/mol. The molecule has 1 rings (SSSR count). The number of aromatic hydroxyl groups is 1. The Morgan fingerprint density at radius 3 is 1.90 bits per heavy atom. The first-order valence-electron chi connectivity index (χ1n) is 7.31. The van der Waals surface area contributed by atoms with E-state index in [0.717, 1.165) is 12.0 Å². The Kier molecular flexibility index (Phi) is 10.9. The molecular weight excluding hydrogens is 292 g/mol. The van der Waals surface area contributed by atoms with E-state index < -0.39 is 10.4 Å². The molecule has 0 spiro atoms. The summed E-state index contributed by atoms with van der Waals surface area (Å²) in [6.45, 7) is 2.25. The van der Waals surface area contributed by atoms with Crippen LogP contribution in [0.25, 0.3) is 0 Å². The maximum atomic E-state index is 9.58. The predicted octanol–water partition coefficient (Wildman–Crippen LogP) is 4.03. The average Bonchev–Trinajstić information content (AvgIpc) is 2.38. The van der Waals surface area contributed by atoms with Gasteiger partial charge in [0, 0.05) is 0 Å². The Morgan fingerprint density at radius 1 is 0.905 bits per heavy atom. The summed E-state index contributed by atoms with van der Waals surface area (Å²) in [5.41, 5.74) is 1.09. The Labute approximate surface area is 127 Å². The normalized spacial score (nSPS) is 10.8. The lowest BCUT2D eigenvalue weighted by Gasteiger charge is -2.04. The lowest BCUT2D eigenvalue weighted by molar-refractivity contribution is 0.381. The Balaban J connectivity index is 0.000000690. The molecular formula is C15H26O5S. The van der Waals surface area contributed by atoms with Crippen molar-refractivity contribution < 1.29 is 22.6 Å². The molecule has 0 fully saturated rings. The van der Waals surface area contributed by atoms with Crippen molar-refractivity contribution in [2.24, 2.45) is 0 Å². The fraction of sp³-hybridized carbons (Fsp3) is 0.600. The Bertz CT molecular complexity index is 463. The largest absolute Gasteiger partial charge is 0.508 e. The van der Waals surface area contributed by atoms with Crippen molar-refractivity contribution in [1.82, 2.24) is 0 Å². The zero-order valence-electron chi connectivity index (χ0n) is 12.5. The lowest BCUT2D eigenvalue weighted by Crippen LogP contribution is -1.89. The molecule has 5 nitrogen and oxygen atoms in total. The van der Waals surface area contributed by atoms with E-state index in [1.807, 2.05) is 18.2 Å². The van der Waals surface area contributed by atoms with Gasteiger partial charge in [-0.1, -0.05) is 63.6 Å². The van der Waals surface area contributed by atoms with Crippen molar-refractivity contribution in [2.45, 2.75) is 58.3 Å². The van der Waals surface area contributed by atoms with Crippen LogP contribution in [0.3, 0.4) is 0 Å². The number of hydrogen-bond donors (Lipinski definition) is 3. The molecule has 122 valence electrons. The van der Waals surface area contributed by atoms with Crippen LogP contribution in [0.1, 0.15) is 57.4 Å². The second-order valence-corrected chi connectivity index (χ2v) is 5.84. The van der Waals surface area contributed by atoms with Crippen LogP contribution in [0, 0.1) is 0 Å². The smallest absolute Gasteiger partial charge is 0.394 e. The van der Waals surface area contributed by atoms with Gasteiger partial charge in [0.15, 0.2) is 0 Å². The number of aryl methyl sites for hydroxylation is 1. The second-order valence-electron chi connectivity index (χ2n) is 4.95. The minimum absolute atomic E-state index is 0.452. The van der Waals surface area contributed by atoms with Gasteiger partial charge in [-0.25, -0.2) is 0 Å². The van der Waals surface area contributed by atoms with Gasteiger partial charge in [0.2, 0.25) is 0 Å². The number of unbranched alkanes of at least 4 members (excludes halogenated alkanes) is 6. The summed E-state index contributed by atoms with van der Waals surface area (Å²) in [5, 5.41) is 9.58. The molecule has 0 atom stereocenters. The number of rotatable bonds is 8. The van der Waals surface area contributed by atoms with E-state index in [1.165, 1.54) is 44.9 Å². The standard InChI is InChI=1S/C15H24O.H2O4S/c1-2-3-4-5-6-7-8-11-14-12-9-10-13-15(14)16;1-5(2,3)4/h9-10,12-13,16H,2-8,11H2,1H3;(H2,1,2,3,4). The summed E-state index contributed by atoms with van der Waals surface area (Å²) in [7, 11) is -4.67. The number of benzene rings is 1. The third-order valence-corrected chi connectivity index (χ3v) is 3.04. The highest BCUT2D eigenvalue weighted by molar-refractivity contribution is 7.79. The predicted molar refractivity (Wildman–Crippen MR) is 84.0 cm³/mol. The molecule has 0 saturated carbocycles. The van der Waals surface area contributed by atoms with E-state index in [2.05, 4.69) is 6.92 Å². The first-order valence-corrected chi connectivity index (χ1v) is 8.71. The van der Waals surface area contributed by atoms with Crippen LogP contribution in [-0.2, 0) is 16.8 Å². The fourth-order valence-corrected chi connectivity index (χ4v) is 1.99. The summed E-state index contributed by atoms with van der Waals surface area (Å²) in [5.74, 6) is 0.452. The zero-order valence-corrected chi connectivity index (χ0v) is 13.3. The zero-order chi connectivity index (χ0) is 16.1. The van der Waals surface area contributed by atoms with E-state index in [-0.39, 0.29) is 0 Å². The Morgan fingerprint density at radius 2 is 1.38 bits per heavy atom. The summed E-state index contributed by atoms with van der Waals surface area (Å²) in [6.07, 6.45) is 10.3. The van der Waals surface area contributed by atoms with Gasteiger partial charge < -0.3 is 5.11 Å². The third-order valence-electron chi connectivity index (χ3n) is 3.04. The van der Waals surface area contributed by atoms with Crippen LogP contribution in [-0.4, -0.2) is 22.6 Å². The number of para-hydroxylation sites is 1. The molecule has 0 aliphatic heterocycles. The van der Waals surface area contributed by atoms with Gasteiger partial charge in [-0.05, 0) is 24.5 Å². The third kappa shape index (κ3) is 15.1. The van der Waals surface area contributed by atoms with Gasteiger partial charge in [-0.15, -0.1) is 0 Å². The van der Waals surface area contributed by atoms with Gasteiger partial charge in [-0.3, -0.25) is 9.11 Å². The topological polar surface area (TPSA) is 94.8 Å². The van der Waals surface area contributed by atoms with Gasteiger partial charge >= 0.3 is 10.4 Å². The molecule has 3 N–H and O–H groups in total. The van der Waals surface area contributed by atoms with Crippen LogP contribution >= 0.6 is 0 Å². The summed E-state index contributed by atoms with van der Waals surface area (Å²) >= 11 is 0. The van der Waals surface area contributed by atoms with Gasteiger partial charge in [-0.2, -0.15) is 8.42 Å². The molecule has 0 heterocycles. The van der Waals surface area contributed by atoms with E-state index in [1.54, 1.807) is 6.07 Å². The summed E-state index contributed by atoms with van der Waals surface area (Å²) in [4.78, 5) is 0. The fourth-order valence-electron chi connectivity index (χ4n) is 1.99. The highest BCUT2D eigenvalue weighted by atomic mass is 32.3. The van der Waals surface area contributed by atoms with Crippen LogP contribution in [0.15, 0.2) is 24.3 Å². The van der Waals surface area contributed by atoms with Crippen molar-refractivity contribution in [3.05, 3.63) is 29.8 Å². The molecule has 0 unspecified atom stereocenters. The van der Waals surface area contributed by atoms with Crippen LogP contribution in [0.2, 0.25) is 0 Å². The molecule has 0 bridgehead atoms. The summed E-state index contributed by atoms with van der Waals surface area (Å²) in [6, 6.07) is 7.67. The highest BCUT2D eigenvalue weighted by Crippen LogP contribution is 2.18. The van der Waals surface area contributed by atoms with E-state index in [0.29, 0.717) is 5.75 Å². The summed E-state index contributed by atoms with van der Waals surface area (Å²) < 4.78 is 31.6. The molecule has 0 aliphatic carbocycles. The van der Waals surface area contributed by atoms with Gasteiger partial charge in [0.25, 0.3) is 0 Å². The van der Waals surface area contributed by atoms with Crippen LogP contribution in [0.5, 0.6) is 5.75 Å². The quantitative estimate of drug-likeness (QED) is 0.497. The maximum Gasteiger partial charge on any atom is 0.394 e. The van der Waals surface area contributed by atoms with Crippen LogP contribution in [0.4, 0.5) is 0 Å². The van der Waals surface area contributed by atoms with E-state index in [4.69, 9.17) is 17.5 Å². The molecule has 1 aromatic carbocycles.